The van der Waals surface area contributed by atoms with Gasteiger partial charge in [0.2, 0.25) is 0 Å². The van der Waals surface area contributed by atoms with Gasteiger partial charge in [-0.2, -0.15) is 0 Å². The smallest absolute Gasteiger partial charge is 0.0776 e. The number of aliphatic hydroxyl groups excluding tert-OH is 1. The molecule has 0 bridgehead atoms. The van der Waals surface area contributed by atoms with Crippen molar-refractivity contribution in [3.8, 4) is 0 Å². The fourth-order valence-electron chi connectivity index (χ4n) is 0.916. The normalized spacial score (nSPS) is 14.5. The maximum atomic E-state index is 9.34. The molecule has 1 atom stereocenters. The molecule has 68 valence electrons. The van der Waals surface area contributed by atoms with E-state index in [2.05, 4.69) is 13.8 Å². The lowest BCUT2D eigenvalue weighted by atomic mass is 10.1. The molecule has 0 amide bonds. The number of hydrogen-bond acceptors (Lipinski definition) is 2. The summed E-state index contributed by atoms with van der Waals surface area (Å²) in [6, 6.07) is 0. The second-order valence-electron chi connectivity index (χ2n) is 3.67. The summed E-state index contributed by atoms with van der Waals surface area (Å²) < 4.78 is 5.25. The lowest BCUT2D eigenvalue weighted by Crippen LogP contribution is -2.20. The van der Waals surface area contributed by atoms with Crippen LogP contribution in [0.5, 0.6) is 0 Å². The predicted octanol–water partition coefficient (Wildman–Crippen LogP) is 1.82. The first-order valence-corrected chi connectivity index (χ1v) is 4.32. The Hall–Kier alpha value is -0.0800. The van der Waals surface area contributed by atoms with Gasteiger partial charge in [0.1, 0.15) is 0 Å². The molecule has 0 radical (unpaired) electrons. The van der Waals surface area contributed by atoms with Crippen LogP contribution in [0.3, 0.4) is 0 Å². The molecule has 0 aliphatic carbocycles. The van der Waals surface area contributed by atoms with Gasteiger partial charge in [-0.1, -0.05) is 13.8 Å². The van der Waals surface area contributed by atoms with Crippen LogP contribution in [0.2, 0.25) is 0 Å². The second kappa shape index (κ2) is 5.56. The molecular weight excluding hydrogens is 140 g/mol. The summed E-state index contributed by atoms with van der Waals surface area (Å²) >= 11 is 0. The summed E-state index contributed by atoms with van der Waals surface area (Å²) in [5, 5.41) is 9.34. The molecule has 0 aliphatic heterocycles. The lowest BCUT2D eigenvalue weighted by molar-refractivity contribution is -0.00189. The minimum atomic E-state index is -0.294. The van der Waals surface area contributed by atoms with Crippen molar-refractivity contribution in [1.82, 2.24) is 0 Å². The zero-order valence-electron chi connectivity index (χ0n) is 8.00. The van der Waals surface area contributed by atoms with Gasteiger partial charge in [0.05, 0.1) is 18.8 Å². The minimum Gasteiger partial charge on any atom is -0.391 e. The van der Waals surface area contributed by atoms with Crippen molar-refractivity contribution in [2.24, 2.45) is 5.92 Å². The molecule has 2 heteroatoms. The molecule has 0 aromatic rings. The Kier molecular flexibility index (Phi) is 5.51. The SMILES string of the molecule is CC(C)C[C@@H](O)COC(C)C. The summed E-state index contributed by atoms with van der Waals surface area (Å²) in [5.74, 6) is 0.542. The van der Waals surface area contributed by atoms with E-state index < -0.39 is 0 Å². The first kappa shape index (κ1) is 10.9. The molecule has 0 saturated carbocycles. The standard InChI is InChI=1S/C9H20O2/c1-7(2)5-9(10)6-11-8(3)4/h7-10H,5-6H2,1-4H3/t9-/m1/s1. The predicted molar refractivity (Wildman–Crippen MR) is 46.5 cm³/mol. The van der Waals surface area contributed by atoms with E-state index >= 15 is 0 Å². The third kappa shape index (κ3) is 7.82. The van der Waals surface area contributed by atoms with Crippen LogP contribution in [0, 0.1) is 5.92 Å². The Morgan fingerprint density at radius 3 is 2.09 bits per heavy atom. The van der Waals surface area contributed by atoms with Crippen molar-refractivity contribution >= 4 is 0 Å². The Morgan fingerprint density at radius 2 is 1.73 bits per heavy atom. The third-order valence-electron chi connectivity index (χ3n) is 1.37. The summed E-state index contributed by atoms with van der Waals surface area (Å²) in [7, 11) is 0. The highest BCUT2D eigenvalue weighted by atomic mass is 16.5. The molecule has 1 N–H and O–H groups in total. The van der Waals surface area contributed by atoms with Gasteiger partial charge in [-0.05, 0) is 26.2 Å². The lowest BCUT2D eigenvalue weighted by Gasteiger charge is -2.14. The summed E-state index contributed by atoms with van der Waals surface area (Å²) in [5.41, 5.74) is 0. The largest absolute Gasteiger partial charge is 0.391 e. The van der Waals surface area contributed by atoms with Crippen molar-refractivity contribution in [2.45, 2.75) is 46.3 Å². The number of rotatable bonds is 5. The summed E-state index contributed by atoms with van der Waals surface area (Å²) in [6.07, 6.45) is 0.751. The maximum Gasteiger partial charge on any atom is 0.0776 e. The van der Waals surface area contributed by atoms with Crippen molar-refractivity contribution in [3.63, 3.8) is 0 Å². The van der Waals surface area contributed by atoms with Crippen LogP contribution in [0.4, 0.5) is 0 Å². The van der Waals surface area contributed by atoms with Gasteiger partial charge < -0.3 is 9.84 Å². The van der Waals surface area contributed by atoms with Gasteiger partial charge in [-0.3, -0.25) is 0 Å². The quantitative estimate of drug-likeness (QED) is 0.664. The molecule has 0 heterocycles. The maximum absolute atomic E-state index is 9.34. The van der Waals surface area contributed by atoms with Crippen molar-refractivity contribution in [1.29, 1.82) is 0 Å². The van der Waals surface area contributed by atoms with Crippen LogP contribution < -0.4 is 0 Å². The van der Waals surface area contributed by atoms with E-state index in [9.17, 15) is 5.11 Å². The molecule has 0 fully saturated rings. The molecular formula is C9H20O2. The van der Waals surface area contributed by atoms with Gasteiger partial charge in [-0.15, -0.1) is 0 Å². The highest BCUT2D eigenvalue weighted by Gasteiger charge is 2.07. The molecule has 0 spiro atoms. The third-order valence-corrected chi connectivity index (χ3v) is 1.37. The van der Waals surface area contributed by atoms with Crippen molar-refractivity contribution in [3.05, 3.63) is 0 Å². The van der Waals surface area contributed by atoms with E-state index in [0.717, 1.165) is 6.42 Å². The van der Waals surface area contributed by atoms with Crippen LogP contribution in [0.1, 0.15) is 34.1 Å². The monoisotopic (exact) mass is 160 g/mol. The Balaban J connectivity index is 3.29. The van der Waals surface area contributed by atoms with Crippen LogP contribution in [0.15, 0.2) is 0 Å². The van der Waals surface area contributed by atoms with Crippen LogP contribution in [0.25, 0.3) is 0 Å². The molecule has 0 aromatic heterocycles. The highest BCUT2D eigenvalue weighted by Crippen LogP contribution is 2.05. The Bertz CT molecular complexity index is 89.6. The second-order valence-corrected chi connectivity index (χ2v) is 3.67. The fourth-order valence-corrected chi connectivity index (χ4v) is 0.916. The van der Waals surface area contributed by atoms with Gasteiger partial charge >= 0.3 is 0 Å². The Morgan fingerprint density at radius 1 is 1.18 bits per heavy atom. The Labute approximate surface area is 69.6 Å². The molecule has 0 aliphatic rings. The molecule has 0 saturated heterocycles. The zero-order chi connectivity index (χ0) is 8.85. The van der Waals surface area contributed by atoms with Crippen LogP contribution in [-0.4, -0.2) is 23.9 Å². The number of ether oxygens (including phenoxy) is 1. The topological polar surface area (TPSA) is 29.5 Å². The minimum absolute atomic E-state index is 0.219. The molecule has 0 unspecified atom stereocenters. The average molecular weight is 160 g/mol. The number of hydrogen-bond donors (Lipinski definition) is 1. The van der Waals surface area contributed by atoms with E-state index in [4.69, 9.17) is 4.74 Å². The van der Waals surface area contributed by atoms with E-state index in [1.165, 1.54) is 0 Å². The van der Waals surface area contributed by atoms with Gasteiger partial charge in [0.25, 0.3) is 0 Å². The van der Waals surface area contributed by atoms with E-state index in [0.29, 0.717) is 12.5 Å². The van der Waals surface area contributed by atoms with Crippen LogP contribution in [-0.2, 0) is 4.74 Å². The molecule has 11 heavy (non-hydrogen) atoms. The average Bonchev–Trinajstić information content (AvgIpc) is 1.82. The number of aliphatic hydroxyl groups is 1. The van der Waals surface area contributed by atoms with E-state index in [-0.39, 0.29) is 12.2 Å². The van der Waals surface area contributed by atoms with E-state index in [1.807, 2.05) is 13.8 Å². The fraction of sp³-hybridized carbons (Fsp3) is 1.00. The molecule has 0 rings (SSSR count). The molecule has 2 nitrogen and oxygen atoms in total. The van der Waals surface area contributed by atoms with E-state index in [1.54, 1.807) is 0 Å². The first-order chi connectivity index (χ1) is 5.02. The van der Waals surface area contributed by atoms with Gasteiger partial charge in [0.15, 0.2) is 0 Å². The summed E-state index contributed by atoms with van der Waals surface area (Å²) in [4.78, 5) is 0. The first-order valence-electron chi connectivity index (χ1n) is 4.32. The van der Waals surface area contributed by atoms with Gasteiger partial charge in [-0.25, -0.2) is 0 Å². The highest BCUT2D eigenvalue weighted by molar-refractivity contribution is 4.57. The molecule has 0 aromatic carbocycles. The van der Waals surface area contributed by atoms with Gasteiger partial charge in [0, 0.05) is 0 Å². The van der Waals surface area contributed by atoms with Crippen molar-refractivity contribution in [2.75, 3.05) is 6.61 Å². The van der Waals surface area contributed by atoms with Crippen molar-refractivity contribution < 1.29 is 9.84 Å². The van der Waals surface area contributed by atoms with Crippen LogP contribution >= 0.6 is 0 Å². The summed E-state index contributed by atoms with van der Waals surface area (Å²) in [6.45, 7) is 8.61. The zero-order valence-corrected chi connectivity index (χ0v) is 8.00.